The highest BCUT2D eigenvalue weighted by atomic mass is 16.2. The summed E-state index contributed by atoms with van der Waals surface area (Å²) >= 11 is 0. The fourth-order valence-electron chi connectivity index (χ4n) is 3.63. The molecule has 2 rings (SSSR count). The fourth-order valence-corrected chi connectivity index (χ4v) is 3.63. The molecule has 4 amide bonds. The quantitative estimate of drug-likeness (QED) is 0.655. The van der Waals surface area contributed by atoms with E-state index in [-0.39, 0.29) is 24.7 Å². The van der Waals surface area contributed by atoms with Crippen LogP contribution in [-0.2, 0) is 19.2 Å². The first kappa shape index (κ1) is 16.3. The van der Waals surface area contributed by atoms with Crippen molar-refractivity contribution in [1.82, 2.24) is 9.80 Å². The van der Waals surface area contributed by atoms with Gasteiger partial charge in [-0.15, -0.1) is 0 Å². The van der Waals surface area contributed by atoms with E-state index < -0.39 is 23.4 Å². The number of nitrogens with two attached hydrogens (primary N) is 2. The minimum absolute atomic E-state index is 0.0131. The summed E-state index contributed by atoms with van der Waals surface area (Å²) in [4.78, 5) is 50.2. The molecule has 1 unspecified atom stereocenters. The number of rotatable bonds is 5. The van der Waals surface area contributed by atoms with Gasteiger partial charge in [0.2, 0.25) is 23.6 Å². The van der Waals surface area contributed by atoms with Crippen LogP contribution in [0.3, 0.4) is 0 Å². The largest absolute Gasteiger partial charge is 0.370 e. The van der Waals surface area contributed by atoms with Crippen molar-refractivity contribution in [3.8, 4) is 0 Å². The molecule has 122 valence electrons. The van der Waals surface area contributed by atoms with Crippen LogP contribution >= 0.6 is 0 Å². The molecule has 2 fully saturated rings. The molecule has 8 heteroatoms. The predicted octanol–water partition coefficient (Wildman–Crippen LogP) is -1.28. The minimum Gasteiger partial charge on any atom is -0.370 e. The van der Waals surface area contributed by atoms with Crippen LogP contribution in [0.15, 0.2) is 0 Å². The maximum Gasteiger partial charge on any atom is 0.249 e. The number of nitrogens with zero attached hydrogens (tertiary/aromatic N) is 2. The van der Waals surface area contributed by atoms with Crippen LogP contribution in [0, 0.1) is 0 Å². The molecule has 0 bridgehead atoms. The van der Waals surface area contributed by atoms with Gasteiger partial charge in [-0.3, -0.25) is 19.2 Å². The van der Waals surface area contributed by atoms with Crippen molar-refractivity contribution in [3.63, 3.8) is 0 Å². The van der Waals surface area contributed by atoms with E-state index in [1.165, 1.54) is 11.8 Å². The third-order valence-corrected chi connectivity index (χ3v) is 4.66. The maximum atomic E-state index is 12.8. The van der Waals surface area contributed by atoms with Crippen molar-refractivity contribution in [2.45, 2.75) is 50.6 Å². The molecular weight excluding hydrogens is 288 g/mol. The van der Waals surface area contributed by atoms with Gasteiger partial charge in [0.05, 0.1) is 0 Å². The Bertz CT molecular complexity index is 521. The highest BCUT2D eigenvalue weighted by Gasteiger charge is 2.55. The predicted molar refractivity (Wildman–Crippen MR) is 77.1 cm³/mol. The molecule has 8 nitrogen and oxygen atoms in total. The molecule has 2 saturated heterocycles. The second-order valence-corrected chi connectivity index (χ2v) is 5.98. The van der Waals surface area contributed by atoms with Gasteiger partial charge in [-0.2, -0.15) is 0 Å². The Morgan fingerprint density at radius 2 is 1.91 bits per heavy atom. The van der Waals surface area contributed by atoms with Gasteiger partial charge < -0.3 is 21.3 Å². The Kier molecular flexibility index (Phi) is 4.39. The van der Waals surface area contributed by atoms with E-state index in [1.807, 2.05) is 0 Å². The molecule has 0 aromatic rings. The molecular formula is C14H22N4O4. The van der Waals surface area contributed by atoms with Gasteiger partial charge in [-0.25, -0.2) is 0 Å². The lowest BCUT2D eigenvalue weighted by molar-refractivity contribution is -0.148. The zero-order valence-corrected chi connectivity index (χ0v) is 12.7. The van der Waals surface area contributed by atoms with E-state index in [1.54, 1.807) is 4.90 Å². The smallest absolute Gasteiger partial charge is 0.249 e. The topological polar surface area (TPSA) is 127 Å². The lowest BCUT2D eigenvalue weighted by Crippen LogP contribution is -2.55. The van der Waals surface area contributed by atoms with Crippen molar-refractivity contribution in [3.05, 3.63) is 0 Å². The maximum absolute atomic E-state index is 12.8. The Morgan fingerprint density at radius 1 is 1.23 bits per heavy atom. The Morgan fingerprint density at radius 3 is 2.45 bits per heavy atom. The summed E-state index contributed by atoms with van der Waals surface area (Å²) < 4.78 is 0. The van der Waals surface area contributed by atoms with E-state index in [0.29, 0.717) is 25.9 Å². The molecule has 0 aromatic carbocycles. The second kappa shape index (κ2) is 5.94. The first-order valence-electron chi connectivity index (χ1n) is 7.46. The standard InChI is InChI=1S/C14H22N4O4/c1-9(19)18-7-2-5-14(18)6-8-17(13(14)22)10(12(16)21)3-4-11(15)20/h10H,2-8H2,1H3,(H2,15,20)(H2,16,21)/t10-,14?/m0/s1. The van der Waals surface area contributed by atoms with Crippen molar-refractivity contribution < 1.29 is 19.2 Å². The summed E-state index contributed by atoms with van der Waals surface area (Å²) in [6, 6.07) is -0.853. The van der Waals surface area contributed by atoms with Gasteiger partial charge in [-0.05, 0) is 25.7 Å². The SMILES string of the molecule is CC(=O)N1CCCC12CCN([C@@H](CCC(N)=O)C(N)=O)C2=O. The Balaban J connectivity index is 2.20. The number of amides is 4. The van der Waals surface area contributed by atoms with Crippen LogP contribution in [-0.4, -0.2) is 58.1 Å². The Labute approximate surface area is 128 Å². The summed E-state index contributed by atoms with van der Waals surface area (Å²) in [5.74, 6) is -1.58. The van der Waals surface area contributed by atoms with Crippen LogP contribution < -0.4 is 11.5 Å². The normalized spacial score (nSPS) is 25.8. The molecule has 2 aliphatic rings. The van der Waals surface area contributed by atoms with E-state index in [9.17, 15) is 19.2 Å². The zero-order chi connectivity index (χ0) is 16.5. The summed E-state index contributed by atoms with van der Waals surface area (Å²) in [6.07, 6.45) is 1.96. The fraction of sp³-hybridized carbons (Fsp3) is 0.714. The first-order chi connectivity index (χ1) is 10.3. The van der Waals surface area contributed by atoms with Gasteiger partial charge in [0.25, 0.3) is 0 Å². The second-order valence-electron chi connectivity index (χ2n) is 5.98. The van der Waals surface area contributed by atoms with E-state index in [2.05, 4.69) is 0 Å². The third-order valence-electron chi connectivity index (χ3n) is 4.66. The molecule has 2 atom stereocenters. The van der Waals surface area contributed by atoms with E-state index in [4.69, 9.17) is 11.5 Å². The van der Waals surface area contributed by atoms with Crippen LogP contribution in [0.4, 0.5) is 0 Å². The third kappa shape index (κ3) is 2.65. The number of primary amides is 2. The summed E-state index contributed by atoms with van der Waals surface area (Å²) in [7, 11) is 0. The van der Waals surface area contributed by atoms with Gasteiger partial charge in [0.1, 0.15) is 11.6 Å². The molecule has 4 N–H and O–H groups in total. The molecule has 0 radical (unpaired) electrons. The van der Waals surface area contributed by atoms with Crippen LogP contribution in [0.25, 0.3) is 0 Å². The highest BCUT2D eigenvalue weighted by molar-refractivity contribution is 5.96. The van der Waals surface area contributed by atoms with Crippen molar-refractivity contribution in [1.29, 1.82) is 0 Å². The number of hydrogen-bond donors (Lipinski definition) is 2. The molecule has 22 heavy (non-hydrogen) atoms. The minimum atomic E-state index is -0.853. The Hall–Kier alpha value is -2.12. The van der Waals surface area contributed by atoms with E-state index >= 15 is 0 Å². The van der Waals surface area contributed by atoms with Crippen LogP contribution in [0.2, 0.25) is 0 Å². The van der Waals surface area contributed by atoms with Crippen molar-refractivity contribution >= 4 is 23.6 Å². The summed E-state index contributed by atoms with van der Waals surface area (Å²) in [5, 5.41) is 0. The molecule has 2 aliphatic heterocycles. The van der Waals surface area contributed by atoms with Crippen molar-refractivity contribution in [2.75, 3.05) is 13.1 Å². The monoisotopic (exact) mass is 310 g/mol. The van der Waals surface area contributed by atoms with Crippen LogP contribution in [0.5, 0.6) is 0 Å². The van der Waals surface area contributed by atoms with Gasteiger partial charge in [0, 0.05) is 26.4 Å². The highest BCUT2D eigenvalue weighted by Crippen LogP contribution is 2.39. The van der Waals surface area contributed by atoms with Crippen molar-refractivity contribution in [2.24, 2.45) is 11.5 Å². The molecule has 0 saturated carbocycles. The molecule has 1 spiro atoms. The molecule has 2 heterocycles. The number of carbonyl (C=O) groups excluding carboxylic acids is 4. The number of likely N-dealkylation sites (tertiary alicyclic amines) is 2. The number of carbonyl (C=O) groups is 4. The van der Waals surface area contributed by atoms with E-state index in [0.717, 1.165) is 6.42 Å². The molecule has 0 aromatic heterocycles. The van der Waals surface area contributed by atoms with Gasteiger partial charge in [-0.1, -0.05) is 0 Å². The van der Waals surface area contributed by atoms with Gasteiger partial charge in [0.15, 0.2) is 0 Å². The lowest BCUT2D eigenvalue weighted by atomic mass is 9.94. The summed E-state index contributed by atoms with van der Waals surface area (Å²) in [5.41, 5.74) is 9.64. The number of hydrogen-bond acceptors (Lipinski definition) is 4. The lowest BCUT2D eigenvalue weighted by Gasteiger charge is -2.34. The first-order valence-corrected chi connectivity index (χ1v) is 7.46. The zero-order valence-electron chi connectivity index (χ0n) is 12.7. The molecule has 0 aliphatic carbocycles. The van der Waals surface area contributed by atoms with Gasteiger partial charge >= 0.3 is 0 Å². The summed E-state index contributed by atoms with van der Waals surface area (Å²) in [6.45, 7) is 2.36. The average molecular weight is 310 g/mol. The van der Waals surface area contributed by atoms with Crippen LogP contribution in [0.1, 0.15) is 39.0 Å². The average Bonchev–Trinajstić information content (AvgIpc) is 2.98.